The normalized spacial score (nSPS) is 11.0. The molecule has 0 atom stereocenters. The molecule has 0 bridgehead atoms. The molecule has 6 nitrogen and oxygen atoms in total. The van der Waals surface area contributed by atoms with Crippen molar-refractivity contribution < 1.29 is 0 Å². The van der Waals surface area contributed by atoms with Gasteiger partial charge in [0, 0.05) is 18.1 Å². The first-order valence-electron chi connectivity index (χ1n) is 6.92. The summed E-state index contributed by atoms with van der Waals surface area (Å²) in [5, 5.41) is 4.09. The Morgan fingerprint density at radius 3 is 2.64 bits per heavy atom. The highest BCUT2D eigenvalue weighted by Crippen LogP contribution is 2.12. The van der Waals surface area contributed by atoms with E-state index in [0.29, 0.717) is 0 Å². The minimum absolute atomic E-state index is 0.104. The summed E-state index contributed by atoms with van der Waals surface area (Å²) in [7, 11) is 0. The van der Waals surface area contributed by atoms with Crippen LogP contribution in [0, 0.1) is 13.8 Å². The van der Waals surface area contributed by atoms with E-state index in [1.807, 2.05) is 32.0 Å². The molecule has 1 aromatic carbocycles. The largest absolute Gasteiger partial charge is 0.350 e. The van der Waals surface area contributed by atoms with Crippen molar-refractivity contribution in [3.8, 4) is 5.69 Å². The molecule has 0 fully saturated rings. The third kappa shape index (κ3) is 2.09. The summed E-state index contributed by atoms with van der Waals surface area (Å²) < 4.78 is 3.96. The van der Waals surface area contributed by atoms with E-state index >= 15 is 0 Å². The first-order valence-corrected chi connectivity index (χ1v) is 6.92. The summed E-state index contributed by atoms with van der Waals surface area (Å²) in [5.74, 6) is 0. The van der Waals surface area contributed by atoms with Crippen LogP contribution in [0.25, 0.3) is 11.3 Å². The Balaban J connectivity index is 2.26. The lowest BCUT2D eigenvalue weighted by Crippen LogP contribution is -2.24. The van der Waals surface area contributed by atoms with E-state index in [1.54, 1.807) is 18.5 Å². The molecule has 6 heteroatoms. The maximum absolute atomic E-state index is 12.6. The maximum atomic E-state index is 12.6. The summed E-state index contributed by atoms with van der Waals surface area (Å²) in [6.45, 7) is 7.86. The smallest absolute Gasteiger partial charge is 0.280 e. The molecule has 0 unspecified atom stereocenters. The van der Waals surface area contributed by atoms with Crippen molar-refractivity contribution >= 4 is 5.65 Å². The van der Waals surface area contributed by atoms with Crippen molar-refractivity contribution in [1.82, 2.24) is 18.7 Å². The van der Waals surface area contributed by atoms with Gasteiger partial charge in [0.2, 0.25) is 5.65 Å². The fourth-order valence-electron chi connectivity index (χ4n) is 2.33. The van der Waals surface area contributed by atoms with Crippen LogP contribution in [-0.2, 0) is 6.54 Å². The minimum atomic E-state index is -0.348. The molecular formula is C16H16N4O2. The highest BCUT2D eigenvalue weighted by atomic mass is 16.2. The molecule has 22 heavy (non-hydrogen) atoms. The number of hydrogen-bond donors (Lipinski definition) is 0. The second-order valence-electron chi connectivity index (χ2n) is 5.19. The first kappa shape index (κ1) is 14.1. The Morgan fingerprint density at radius 1 is 1.18 bits per heavy atom. The predicted molar refractivity (Wildman–Crippen MR) is 84.7 cm³/mol. The number of allylic oxidation sites excluding steroid dienone is 1. The van der Waals surface area contributed by atoms with Gasteiger partial charge in [-0.05, 0) is 37.1 Å². The van der Waals surface area contributed by atoms with Crippen LogP contribution in [0.5, 0.6) is 0 Å². The summed E-state index contributed by atoms with van der Waals surface area (Å²) >= 11 is 0. The number of aromatic nitrogens is 4. The molecule has 0 N–H and O–H groups in total. The lowest BCUT2D eigenvalue weighted by atomic mass is 10.1. The lowest BCUT2D eigenvalue weighted by Gasteiger charge is -2.08. The lowest BCUT2D eigenvalue weighted by molar-refractivity contribution is 0.673. The average Bonchev–Trinajstić information content (AvgIpc) is 2.81. The molecule has 0 saturated carbocycles. The van der Waals surface area contributed by atoms with Crippen LogP contribution < -0.4 is 11.2 Å². The Bertz CT molecular complexity index is 992. The monoisotopic (exact) mass is 296 g/mol. The zero-order valence-electron chi connectivity index (χ0n) is 12.5. The Labute approximate surface area is 126 Å². The molecule has 112 valence electrons. The van der Waals surface area contributed by atoms with Gasteiger partial charge in [0.1, 0.15) is 0 Å². The molecule has 0 radical (unpaired) electrons. The Kier molecular flexibility index (Phi) is 3.29. The van der Waals surface area contributed by atoms with E-state index < -0.39 is 0 Å². The molecule has 2 heterocycles. The van der Waals surface area contributed by atoms with Crippen LogP contribution in [0.3, 0.4) is 0 Å². The van der Waals surface area contributed by atoms with Crippen LogP contribution in [0.1, 0.15) is 11.1 Å². The van der Waals surface area contributed by atoms with Gasteiger partial charge in [0.25, 0.3) is 0 Å². The highest BCUT2D eigenvalue weighted by molar-refractivity contribution is 5.43. The number of benzene rings is 1. The number of aryl methyl sites for hydroxylation is 2. The standard InChI is InChI=1S/C16H16N4O2/c1-4-7-20-16(22)19-9-8-18(15(21)14(19)17-20)13-6-5-11(2)12(3)10-13/h4-6,8-10H,1,7H2,2-3H3. The number of rotatable bonds is 3. The third-order valence-electron chi connectivity index (χ3n) is 3.72. The Morgan fingerprint density at radius 2 is 1.95 bits per heavy atom. The third-order valence-corrected chi connectivity index (χ3v) is 3.72. The van der Waals surface area contributed by atoms with Gasteiger partial charge in [-0.1, -0.05) is 12.1 Å². The van der Waals surface area contributed by atoms with E-state index in [4.69, 9.17) is 0 Å². The zero-order chi connectivity index (χ0) is 15.9. The van der Waals surface area contributed by atoms with E-state index in [9.17, 15) is 9.59 Å². The molecule has 0 aliphatic rings. The molecule has 0 amide bonds. The summed E-state index contributed by atoms with van der Waals surface area (Å²) in [5.41, 5.74) is 2.43. The topological polar surface area (TPSA) is 61.3 Å². The van der Waals surface area contributed by atoms with Crippen LogP contribution in [-0.4, -0.2) is 18.7 Å². The second kappa shape index (κ2) is 5.14. The van der Waals surface area contributed by atoms with Crippen molar-refractivity contribution in [2.45, 2.75) is 20.4 Å². The summed E-state index contributed by atoms with van der Waals surface area (Å²) in [4.78, 5) is 24.7. The quantitative estimate of drug-likeness (QED) is 0.687. The van der Waals surface area contributed by atoms with E-state index in [1.165, 1.54) is 13.6 Å². The number of hydrogen-bond acceptors (Lipinski definition) is 3. The van der Waals surface area contributed by atoms with E-state index in [0.717, 1.165) is 16.8 Å². The van der Waals surface area contributed by atoms with Gasteiger partial charge in [-0.3, -0.25) is 9.36 Å². The number of fused-ring (bicyclic) bond motifs is 1. The number of nitrogens with zero attached hydrogens (tertiary/aromatic N) is 4. The van der Waals surface area contributed by atoms with Gasteiger partial charge in [0.05, 0.1) is 6.54 Å². The predicted octanol–water partition coefficient (Wildman–Crippen LogP) is 1.45. The molecule has 3 rings (SSSR count). The average molecular weight is 296 g/mol. The molecule has 3 aromatic rings. The van der Waals surface area contributed by atoms with Crippen molar-refractivity contribution in [2.75, 3.05) is 0 Å². The first-order chi connectivity index (χ1) is 10.5. The van der Waals surface area contributed by atoms with Crippen LogP contribution >= 0.6 is 0 Å². The molecule has 0 saturated heterocycles. The maximum Gasteiger partial charge on any atom is 0.350 e. The SMILES string of the molecule is C=CCn1nc2c(=O)n(-c3ccc(C)c(C)c3)ccn2c1=O. The molecular weight excluding hydrogens is 280 g/mol. The van der Waals surface area contributed by atoms with E-state index in [-0.39, 0.29) is 23.4 Å². The van der Waals surface area contributed by atoms with Gasteiger partial charge < -0.3 is 0 Å². The van der Waals surface area contributed by atoms with Crippen LogP contribution in [0.4, 0.5) is 0 Å². The fourth-order valence-corrected chi connectivity index (χ4v) is 2.33. The molecule has 0 aliphatic carbocycles. The van der Waals surface area contributed by atoms with Gasteiger partial charge in [-0.2, -0.15) is 0 Å². The van der Waals surface area contributed by atoms with Gasteiger partial charge in [-0.25, -0.2) is 13.9 Å². The molecule has 2 aromatic heterocycles. The van der Waals surface area contributed by atoms with Crippen LogP contribution in [0.2, 0.25) is 0 Å². The highest BCUT2D eigenvalue weighted by Gasteiger charge is 2.12. The van der Waals surface area contributed by atoms with Crippen molar-refractivity contribution in [3.05, 3.63) is 75.2 Å². The Hall–Kier alpha value is -2.89. The van der Waals surface area contributed by atoms with Gasteiger partial charge in [-0.15, -0.1) is 11.7 Å². The second-order valence-corrected chi connectivity index (χ2v) is 5.19. The minimum Gasteiger partial charge on any atom is -0.280 e. The van der Waals surface area contributed by atoms with Crippen LogP contribution in [0.15, 0.2) is 52.8 Å². The van der Waals surface area contributed by atoms with Crippen molar-refractivity contribution in [2.24, 2.45) is 0 Å². The van der Waals surface area contributed by atoms with E-state index in [2.05, 4.69) is 11.7 Å². The van der Waals surface area contributed by atoms with Gasteiger partial charge in [0.15, 0.2) is 0 Å². The van der Waals surface area contributed by atoms with Crippen molar-refractivity contribution in [1.29, 1.82) is 0 Å². The summed E-state index contributed by atoms with van der Waals surface area (Å²) in [6.07, 6.45) is 4.71. The van der Waals surface area contributed by atoms with Gasteiger partial charge >= 0.3 is 11.2 Å². The summed E-state index contributed by atoms with van der Waals surface area (Å²) in [6, 6.07) is 5.77. The fraction of sp³-hybridized carbons (Fsp3) is 0.188. The molecule has 0 aliphatic heterocycles. The zero-order valence-corrected chi connectivity index (χ0v) is 12.5. The van der Waals surface area contributed by atoms with Crippen molar-refractivity contribution in [3.63, 3.8) is 0 Å². The molecule has 0 spiro atoms.